The molecule has 0 aliphatic carbocycles. The van der Waals surface area contributed by atoms with Crippen LogP contribution in [0.25, 0.3) is 11.4 Å². The lowest BCUT2D eigenvalue weighted by molar-refractivity contribution is -0.0498. The van der Waals surface area contributed by atoms with E-state index in [1.165, 1.54) is 12.1 Å². The number of alkyl halides is 2. The quantitative estimate of drug-likeness (QED) is 0.835. The molecule has 18 heavy (non-hydrogen) atoms. The van der Waals surface area contributed by atoms with Gasteiger partial charge >= 0.3 is 6.61 Å². The fourth-order valence-electron chi connectivity index (χ4n) is 1.47. The monoisotopic (exact) mass is 250 g/mol. The first kappa shape index (κ1) is 12.4. The van der Waals surface area contributed by atoms with Crippen molar-refractivity contribution in [1.82, 2.24) is 9.97 Å². The minimum atomic E-state index is -2.81. The van der Waals surface area contributed by atoms with Gasteiger partial charge < -0.3 is 4.74 Å². The lowest BCUT2D eigenvalue weighted by Crippen LogP contribution is -2.01. The van der Waals surface area contributed by atoms with Gasteiger partial charge in [0.1, 0.15) is 5.75 Å². The molecule has 94 valence electrons. The standard InChI is InChI=1S/C13H12F2N2O/c1-2-9-7-16-12(17-8-9)10-3-5-11(6-4-10)18-13(14)15/h3-8,13H,2H2,1H3. The number of hydrogen-bond acceptors (Lipinski definition) is 3. The molecule has 3 nitrogen and oxygen atoms in total. The fourth-order valence-corrected chi connectivity index (χ4v) is 1.47. The van der Waals surface area contributed by atoms with Crippen LogP contribution in [0.5, 0.6) is 5.75 Å². The molecular weight excluding hydrogens is 238 g/mol. The van der Waals surface area contributed by atoms with E-state index in [0.717, 1.165) is 17.5 Å². The van der Waals surface area contributed by atoms with E-state index in [2.05, 4.69) is 14.7 Å². The molecule has 0 aliphatic heterocycles. The Morgan fingerprint density at radius 3 is 2.22 bits per heavy atom. The smallest absolute Gasteiger partial charge is 0.387 e. The second-order valence-corrected chi connectivity index (χ2v) is 3.67. The Morgan fingerprint density at radius 1 is 1.11 bits per heavy atom. The third-order valence-electron chi connectivity index (χ3n) is 2.45. The van der Waals surface area contributed by atoms with Crippen LogP contribution in [-0.4, -0.2) is 16.6 Å². The zero-order chi connectivity index (χ0) is 13.0. The number of halogens is 2. The molecule has 0 saturated carbocycles. The van der Waals surface area contributed by atoms with E-state index in [9.17, 15) is 8.78 Å². The summed E-state index contributed by atoms with van der Waals surface area (Å²) in [6.07, 6.45) is 4.39. The lowest BCUT2D eigenvalue weighted by Gasteiger charge is -2.05. The van der Waals surface area contributed by atoms with Gasteiger partial charge in [0.2, 0.25) is 0 Å². The van der Waals surface area contributed by atoms with Crippen LogP contribution in [0, 0.1) is 0 Å². The molecule has 0 fully saturated rings. The summed E-state index contributed by atoms with van der Waals surface area (Å²) < 4.78 is 28.2. The Morgan fingerprint density at radius 2 is 1.72 bits per heavy atom. The number of hydrogen-bond donors (Lipinski definition) is 0. The van der Waals surface area contributed by atoms with Crippen molar-refractivity contribution in [3.05, 3.63) is 42.2 Å². The van der Waals surface area contributed by atoms with Gasteiger partial charge in [-0.3, -0.25) is 0 Å². The van der Waals surface area contributed by atoms with Crippen molar-refractivity contribution in [3.63, 3.8) is 0 Å². The maximum Gasteiger partial charge on any atom is 0.387 e. The van der Waals surface area contributed by atoms with Crippen LogP contribution in [0.3, 0.4) is 0 Å². The molecule has 1 aromatic heterocycles. The van der Waals surface area contributed by atoms with Gasteiger partial charge in [-0.15, -0.1) is 0 Å². The van der Waals surface area contributed by atoms with Crippen LogP contribution in [0.15, 0.2) is 36.7 Å². The van der Waals surface area contributed by atoms with E-state index < -0.39 is 6.61 Å². The Bertz CT molecular complexity index is 497. The van der Waals surface area contributed by atoms with Gasteiger partial charge in [-0.2, -0.15) is 8.78 Å². The Balaban J connectivity index is 2.17. The van der Waals surface area contributed by atoms with Crippen LogP contribution in [0.4, 0.5) is 8.78 Å². The summed E-state index contributed by atoms with van der Waals surface area (Å²) in [5.74, 6) is 0.690. The number of rotatable bonds is 4. The molecule has 0 bridgehead atoms. The summed E-state index contributed by atoms with van der Waals surface area (Å²) in [4.78, 5) is 8.42. The van der Waals surface area contributed by atoms with Gasteiger partial charge in [0.05, 0.1) is 0 Å². The molecule has 0 spiro atoms. The predicted molar refractivity (Wildman–Crippen MR) is 63.5 cm³/mol. The Labute approximate surface area is 103 Å². The molecular formula is C13H12F2N2O. The van der Waals surface area contributed by atoms with Crippen LogP contribution < -0.4 is 4.74 Å². The molecule has 0 radical (unpaired) electrons. The number of aryl methyl sites for hydroxylation is 1. The van der Waals surface area contributed by atoms with E-state index in [0.29, 0.717) is 5.82 Å². The van der Waals surface area contributed by atoms with Gasteiger partial charge in [-0.25, -0.2) is 9.97 Å². The highest BCUT2D eigenvalue weighted by Crippen LogP contribution is 2.20. The van der Waals surface area contributed by atoms with Crippen LogP contribution in [0.1, 0.15) is 12.5 Å². The molecule has 1 aromatic carbocycles. The number of aromatic nitrogens is 2. The highest BCUT2D eigenvalue weighted by molar-refractivity contribution is 5.55. The first-order chi connectivity index (χ1) is 8.69. The summed E-state index contributed by atoms with van der Waals surface area (Å²) in [6, 6.07) is 6.24. The average molecular weight is 250 g/mol. The molecule has 5 heteroatoms. The van der Waals surface area contributed by atoms with Gasteiger partial charge in [0.25, 0.3) is 0 Å². The zero-order valence-corrected chi connectivity index (χ0v) is 9.81. The van der Waals surface area contributed by atoms with Crippen molar-refractivity contribution in [2.75, 3.05) is 0 Å². The number of ether oxygens (including phenoxy) is 1. The average Bonchev–Trinajstić information content (AvgIpc) is 2.39. The van der Waals surface area contributed by atoms with Gasteiger partial charge in [0.15, 0.2) is 5.82 Å². The number of nitrogens with zero attached hydrogens (tertiary/aromatic N) is 2. The second-order valence-electron chi connectivity index (χ2n) is 3.67. The summed E-state index contributed by atoms with van der Waals surface area (Å²) in [7, 11) is 0. The third kappa shape index (κ3) is 3.00. The van der Waals surface area contributed by atoms with Crippen molar-refractivity contribution in [2.45, 2.75) is 20.0 Å². The largest absolute Gasteiger partial charge is 0.435 e. The second kappa shape index (κ2) is 5.53. The molecule has 0 N–H and O–H groups in total. The Hall–Kier alpha value is -2.04. The molecule has 1 heterocycles. The summed E-state index contributed by atoms with van der Waals surface area (Å²) in [5.41, 5.74) is 1.82. The van der Waals surface area contributed by atoms with E-state index in [4.69, 9.17) is 0 Å². The first-order valence-corrected chi connectivity index (χ1v) is 5.55. The fraction of sp³-hybridized carbons (Fsp3) is 0.231. The molecule has 2 aromatic rings. The van der Waals surface area contributed by atoms with Gasteiger partial charge in [-0.1, -0.05) is 6.92 Å². The van der Waals surface area contributed by atoms with Crippen molar-refractivity contribution in [1.29, 1.82) is 0 Å². The summed E-state index contributed by atoms with van der Waals surface area (Å²) in [5, 5.41) is 0. The van der Waals surface area contributed by atoms with Gasteiger partial charge in [-0.05, 0) is 36.2 Å². The highest BCUT2D eigenvalue weighted by atomic mass is 19.3. The molecule has 0 aliphatic rings. The maximum atomic E-state index is 12.0. The van der Waals surface area contributed by atoms with E-state index in [-0.39, 0.29) is 5.75 Å². The zero-order valence-electron chi connectivity index (χ0n) is 9.81. The van der Waals surface area contributed by atoms with Crippen molar-refractivity contribution >= 4 is 0 Å². The maximum absolute atomic E-state index is 12.0. The highest BCUT2D eigenvalue weighted by Gasteiger charge is 2.05. The molecule has 0 unspecified atom stereocenters. The van der Waals surface area contributed by atoms with Gasteiger partial charge in [0, 0.05) is 18.0 Å². The summed E-state index contributed by atoms with van der Waals surface area (Å²) in [6.45, 7) is -0.787. The van der Waals surface area contributed by atoms with Crippen molar-refractivity contribution in [2.24, 2.45) is 0 Å². The summed E-state index contributed by atoms with van der Waals surface area (Å²) >= 11 is 0. The minimum absolute atomic E-state index is 0.124. The van der Waals surface area contributed by atoms with Crippen LogP contribution in [-0.2, 0) is 6.42 Å². The van der Waals surface area contributed by atoms with E-state index in [1.807, 2.05) is 6.92 Å². The minimum Gasteiger partial charge on any atom is -0.435 e. The Kier molecular flexibility index (Phi) is 3.82. The first-order valence-electron chi connectivity index (χ1n) is 5.55. The van der Waals surface area contributed by atoms with Crippen LogP contribution >= 0.6 is 0 Å². The normalized spacial score (nSPS) is 10.7. The third-order valence-corrected chi connectivity index (χ3v) is 2.45. The van der Waals surface area contributed by atoms with Crippen molar-refractivity contribution < 1.29 is 13.5 Å². The molecule has 2 rings (SSSR count). The SMILES string of the molecule is CCc1cnc(-c2ccc(OC(F)F)cc2)nc1. The number of benzene rings is 1. The topological polar surface area (TPSA) is 35.0 Å². The predicted octanol–water partition coefficient (Wildman–Crippen LogP) is 3.31. The molecule has 0 saturated heterocycles. The van der Waals surface area contributed by atoms with E-state index >= 15 is 0 Å². The molecule has 0 amide bonds. The van der Waals surface area contributed by atoms with E-state index in [1.54, 1.807) is 24.5 Å². The molecule has 0 atom stereocenters. The van der Waals surface area contributed by atoms with Crippen LogP contribution in [0.2, 0.25) is 0 Å². The lowest BCUT2D eigenvalue weighted by atomic mass is 10.2. The van der Waals surface area contributed by atoms with Crippen molar-refractivity contribution in [3.8, 4) is 17.1 Å².